The van der Waals surface area contributed by atoms with E-state index in [1.54, 1.807) is 0 Å². The van der Waals surface area contributed by atoms with Crippen molar-refractivity contribution in [3.63, 3.8) is 0 Å². The number of rotatable bonds is 75. The van der Waals surface area contributed by atoms with Crippen LogP contribution in [0.25, 0.3) is 0 Å². The fourth-order valence-electron chi connectivity index (χ4n) is 10.9. The van der Waals surface area contributed by atoms with Gasteiger partial charge in [0.25, 0.3) is 0 Å². The molecule has 0 aromatic rings. The zero-order chi connectivity index (χ0) is 71.8. The lowest BCUT2D eigenvalue weighted by molar-refractivity contribution is -0.161. The molecule has 17 nitrogen and oxygen atoms in total. The smallest absolute Gasteiger partial charge is 0.462 e. The van der Waals surface area contributed by atoms with Crippen molar-refractivity contribution in [2.24, 2.45) is 0 Å². The normalized spacial score (nSPS) is 14.2. The summed E-state index contributed by atoms with van der Waals surface area (Å²) in [6, 6.07) is 0. The lowest BCUT2D eigenvalue weighted by Gasteiger charge is -2.21. The minimum absolute atomic E-state index is 0.0777. The summed E-state index contributed by atoms with van der Waals surface area (Å²) in [5.41, 5.74) is 0. The first-order valence-electron chi connectivity index (χ1n) is 39.5. The van der Waals surface area contributed by atoms with Gasteiger partial charge in [-0.15, -0.1) is 0 Å². The van der Waals surface area contributed by atoms with Crippen LogP contribution in [0.5, 0.6) is 0 Å². The molecule has 0 aromatic heterocycles. The maximum Gasteiger partial charge on any atom is 0.472 e. The summed E-state index contributed by atoms with van der Waals surface area (Å²) < 4.78 is 68.5. The van der Waals surface area contributed by atoms with Gasteiger partial charge in [-0.2, -0.15) is 0 Å². The first-order valence-corrected chi connectivity index (χ1v) is 42.5. The Kier molecular flexibility index (Phi) is 69.7. The third-order valence-electron chi connectivity index (χ3n) is 17.0. The number of esters is 4. The molecule has 0 fully saturated rings. The van der Waals surface area contributed by atoms with Crippen LogP contribution in [-0.2, 0) is 65.4 Å². The van der Waals surface area contributed by atoms with Crippen LogP contribution in [0.4, 0.5) is 0 Å². The van der Waals surface area contributed by atoms with Gasteiger partial charge in [0.15, 0.2) is 12.2 Å². The fraction of sp³-hybridized carbons (Fsp3) is 0.823. The molecule has 0 aliphatic rings. The van der Waals surface area contributed by atoms with Crippen molar-refractivity contribution >= 4 is 39.5 Å². The molecule has 572 valence electrons. The summed E-state index contributed by atoms with van der Waals surface area (Å²) in [7, 11) is -9.94. The molecule has 0 aliphatic heterocycles. The summed E-state index contributed by atoms with van der Waals surface area (Å²) in [5.74, 6) is -2.18. The van der Waals surface area contributed by atoms with Gasteiger partial charge in [-0.05, 0) is 109 Å². The molecular weight excluding hydrogens is 1280 g/mol. The minimum atomic E-state index is -4.98. The van der Waals surface area contributed by atoms with Crippen molar-refractivity contribution in [1.29, 1.82) is 0 Å². The second kappa shape index (κ2) is 72.1. The van der Waals surface area contributed by atoms with Gasteiger partial charge in [0.1, 0.15) is 19.3 Å². The van der Waals surface area contributed by atoms with E-state index in [1.807, 2.05) is 0 Å². The van der Waals surface area contributed by atoms with Crippen molar-refractivity contribution in [3.8, 4) is 0 Å². The van der Waals surface area contributed by atoms with Crippen LogP contribution in [0, 0.1) is 0 Å². The Morgan fingerprint density at radius 2 is 0.531 bits per heavy atom. The molecule has 3 N–H and O–H groups in total. The molecule has 5 atom stereocenters. The Bertz CT molecular complexity index is 2100. The Morgan fingerprint density at radius 3 is 0.857 bits per heavy atom. The number of phosphoric acid groups is 2. The predicted octanol–water partition coefficient (Wildman–Crippen LogP) is 22.7. The van der Waals surface area contributed by atoms with Crippen molar-refractivity contribution in [3.05, 3.63) is 60.8 Å². The number of ether oxygens (including phenoxy) is 4. The molecule has 0 saturated heterocycles. The molecule has 0 radical (unpaired) electrons. The van der Waals surface area contributed by atoms with Crippen LogP contribution >= 0.6 is 15.6 Å². The van der Waals surface area contributed by atoms with Gasteiger partial charge in [0.2, 0.25) is 0 Å². The van der Waals surface area contributed by atoms with Gasteiger partial charge in [0, 0.05) is 25.7 Å². The number of aliphatic hydroxyl groups is 1. The number of carbonyl (C=O) groups excluding carboxylic acids is 4. The molecule has 19 heteroatoms. The summed E-state index contributed by atoms with van der Waals surface area (Å²) in [6.45, 7) is 4.84. The first kappa shape index (κ1) is 94.8. The molecule has 0 amide bonds. The highest BCUT2D eigenvalue weighted by molar-refractivity contribution is 7.47. The van der Waals surface area contributed by atoms with E-state index in [9.17, 15) is 43.2 Å². The van der Waals surface area contributed by atoms with E-state index in [1.165, 1.54) is 135 Å². The van der Waals surface area contributed by atoms with E-state index in [-0.39, 0.29) is 25.7 Å². The molecule has 0 aromatic carbocycles. The van der Waals surface area contributed by atoms with Gasteiger partial charge < -0.3 is 33.8 Å². The SMILES string of the molecule is CCCCC/C=C\C/C=C\CCCCCCCC(=O)OC[C@H](COP(=O)(O)OC[C@@H](O)COP(=O)(O)OC[C@@H](COC(=O)CCCCCCC/C=C\CCCCCCCC)OC(=O)CCCCCCCCCCCCCCC)OC(=O)CCCCCCC/C=C\C=C/CCCCCC. The van der Waals surface area contributed by atoms with E-state index >= 15 is 0 Å². The van der Waals surface area contributed by atoms with Crippen LogP contribution in [-0.4, -0.2) is 96.7 Å². The van der Waals surface area contributed by atoms with E-state index in [0.29, 0.717) is 25.7 Å². The second-order valence-corrected chi connectivity index (χ2v) is 29.6. The van der Waals surface area contributed by atoms with Gasteiger partial charge in [0.05, 0.1) is 26.4 Å². The number of hydrogen-bond donors (Lipinski definition) is 3. The van der Waals surface area contributed by atoms with E-state index in [4.69, 9.17) is 37.0 Å². The van der Waals surface area contributed by atoms with Crippen LogP contribution < -0.4 is 0 Å². The van der Waals surface area contributed by atoms with Gasteiger partial charge in [-0.1, -0.05) is 288 Å². The van der Waals surface area contributed by atoms with Crippen LogP contribution in [0.3, 0.4) is 0 Å². The van der Waals surface area contributed by atoms with E-state index in [2.05, 4.69) is 88.5 Å². The standard InChI is InChI=1S/C79H144O17P2/c1-5-9-13-17-21-25-29-33-36-40-43-47-51-55-59-63-76(81)89-69-74(95-78(83)65-61-57-53-49-45-39-32-28-24-20-16-12-8-4)71-93-97(85,86)91-67-73(80)68-92-98(87,88)94-72-75(96-79(84)66-62-58-54-50-46-42-38-35-31-27-23-19-15-11-7-3)70-90-77(82)64-60-56-52-48-44-41-37-34-30-26-22-18-14-10-6-2/h22,26-27,31,33-38,73-75,80H,5-21,23-25,28-30,32,39-72H2,1-4H3,(H,85,86)(H,87,88)/b26-22-,31-27-,36-33-,37-34-,38-35-/t73-,74+,75+/m0/s1. The largest absolute Gasteiger partial charge is 0.472 e. The zero-order valence-electron chi connectivity index (χ0n) is 62.5. The Morgan fingerprint density at radius 1 is 0.296 bits per heavy atom. The highest BCUT2D eigenvalue weighted by atomic mass is 31.2. The minimum Gasteiger partial charge on any atom is -0.462 e. The lowest BCUT2D eigenvalue weighted by atomic mass is 10.0. The number of allylic oxidation sites excluding steroid dienone is 10. The van der Waals surface area contributed by atoms with Crippen LogP contribution in [0.1, 0.15) is 362 Å². The molecule has 0 spiro atoms. The molecule has 98 heavy (non-hydrogen) atoms. The maximum absolute atomic E-state index is 13.1. The number of unbranched alkanes of at least 4 members (excludes halogenated alkanes) is 40. The van der Waals surface area contributed by atoms with Gasteiger partial charge >= 0.3 is 39.5 Å². The summed E-state index contributed by atoms with van der Waals surface area (Å²) in [5, 5.41) is 10.6. The Hall–Kier alpha value is -3.24. The highest BCUT2D eigenvalue weighted by Gasteiger charge is 2.30. The van der Waals surface area contributed by atoms with Crippen molar-refractivity contribution in [2.75, 3.05) is 39.6 Å². The van der Waals surface area contributed by atoms with Crippen LogP contribution in [0.15, 0.2) is 60.8 Å². The molecule has 0 heterocycles. The summed E-state index contributed by atoms with van der Waals surface area (Å²) in [6.07, 6.45) is 70.5. The lowest BCUT2D eigenvalue weighted by Crippen LogP contribution is -2.30. The third kappa shape index (κ3) is 71.2. The Labute approximate surface area is 597 Å². The van der Waals surface area contributed by atoms with E-state index < -0.39 is 97.5 Å². The third-order valence-corrected chi connectivity index (χ3v) is 18.9. The molecule has 0 saturated carbocycles. The predicted molar refractivity (Wildman–Crippen MR) is 400 cm³/mol. The summed E-state index contributed by atoms with van der Waals surface area (Å²) >= 11 is 0. The van der Waals surface area contributed by atoms with Crippen molar-refractivity contribution < 1.29 is 80.2 Å². The van der Waals surface area contributed by atoms with E-state index in [0.717, 1.165) is 148 Å². The van der Waals surface area contributed by atoms with Crippen molar-refractivity contribution in [2.45, 2.75) is 380 Å². The molecular formula is C79H144O17P2. The van der Waals surface area contributed by atoms with Crippen LogP contribution in [0.2, 0.25) is 0 Å². The fourth-order valence-corrected chi connectivity index (χ4v) is 12.5. The number of aliphatic hydroxyl groups excluding tert-OH is 1. The van der Waals surface area contributed by atoms with Gasteiger partial charge in [-0.25, -0.2) is 9.13 Å². The first-order chi connectivity index (χ1) is 47.7. The average Bonchev–Trinajstić information content (AvgIpc) is 1.04. The molecule has 0 aliphatic carbocycles. The highest BCUT2D eigenvalue weighted by Crippen LogP contribution is 2.45. The maximum atomic E-state index is 13.1. The number of carbonyl (C=O) groups is 4. The topological polar surface area (TPSA) is 237 Å². The Balaban J connectivity index is 5.34. The quantitative estimate of drug-likeness (QED) is 0.0128. The number of hydrogen-bond acceptors (Lipinski definition) is 15. The summed E-state index contributed by atoms with van der Waals surface area (Å²) in [4.78, 5) is 72.9. The average molecular weight is 1430 g/mol. The molecule has 0 bridgehead atoms. The number of phosphoric ester groups is 2. The molecule has 2 unspecified atom stereocenters. The second-order valence-electron chi connectivity index (χ2n) is 26.7. The van der Waals surface area contributed by atoms with Gasteiger partial charge in [-0.3, -0.25) is 37.3 Å². The van der Waals surface area contributed by atoms with Crippen molar-refractivity contribution in [1.82, 2.24) is 0 Å². The zero-order valence-corrected chi connectivity index (χ0v) is 64.3. The molecule has 0 rings (SSSR count). The monoisotopic (exact) mass is 1430 g/mol.